The van der Waals surface area contributed by atoms with Gasteiger partial charge in [0.1, 0.15) is 0 Å². The second kappa shape index (κ2) is 5.77. The van der Waals surface area contributed by atoms with Crippen LogP contribution in [0.4, 0.5) is 0 Å². The Morgan fingerprint density at radius 1 is 1.29 bits per heavy atom. The summed E-state index contributed by atoms with van der Waals surface area (Å²) in [6.45, 7) is 0.498. The van der Waals surface area contributed by atoms with Gasteiger partial charge in [-0.3, -0.25) is 9.78 Å². The van der Waals surface area contributed by atoms with Crippen molar-refractivity contribution in [2.75, 3.05) is 0 Å². The topological polar surface area (TPSA) is 42.0 Å². The van der Waals surface area contributed by atoms with E-state index >= 15 is 0 Å². The average molecular weight is 338 g/mol. The smallest absolute Gasteiger partial charge is 0.251 e. The Hall–Kier alpha value is -1.43. The molecule has 1 amide bonds. The Bertz CT molecular complexity index is 514. The van der Waals surface area contributed by atoms with E-state index in [4.69, 9.17) is 0 Å². The Labute approximate surface area is 113 Å². The summed E-state index contributed by atoms with van der Waals surface area (Å²) >= 11 is 2.19. The van der Waals surface area contributed by atoms with Crippen molar-refractivity contribution in [2.45, 2.75) is 6.54 Å². The van der Waals surface area contributed by atoms with E-state index in [9.17, 15) is 4.79 Å². The number of hydrogen-bond acceptors (Lipinski definition) is 2. The number of nitrogens with zero attached hydrogens (tertiary/aromatic N) is 1. The van der Waals surface area contributed by atoms with Crippen LogP contribution in [-0.4, -0.2) is 10.9 Å². The highest BCUT2D eigenvalue weighted by molar-refractivity contribution is 14.1. The highest BCUT2D eigenvalue weighted by Gasteiger charge is 2.04. The molecule has 1 N–H and O–H groups in total. The Kier molecular flexibility index (Phi) is 4.08. The lowest BCUT2D eigenvalue weighted by Gasteiger charge is -2.05. The number of carbonyl (C=O) groups is 1. The van der Waals surface area contributed by atoms with E-state index < -0.39 is 0 Å². The number of benzene rings is 1. The third-order valence-electron chi connectivity index (χ3n) is 2.26. The van der Waals surface area contributed by atoms with E-state index in [1.54, 1.807) is 18.5 Å². The van der Waals surface area contributed by atoms with Gasteiger partial charge < -0.3 is 5.32 Å². The summed E-state index contributed by atoms with van der Waals surface area (Å²) in [7, 11) is 0. The lowest BCUT2D eigenvalue weighted by molar-refractivity contribution is 0.0951. The first-order valence-corrected chi connectivity index (χ1v) is 6.26. The number of halogens is 1. The van der Waals surface area contributed by atoms with Crippen molar-refractivity contribution in [1.82, 2.24) is 10.3 Å². The maximum absolute atomic E-state index is 11.8. The van der Waals surface area contributed by atoms with Crippen LogP contribution < -0.4 is 5.32 Å². The standard InChI is InChI=1S/C13H11IN2O/c14-12-5-1-4-11(7-12)13(17)16-9-10-3-2-6-15-8-10/h1-8H,9H2,(H,16,17). The number of aromatic nitrogens is 1. The van der Waals surface area contributed by atoms with E-state index in [0.29, 0.717) is 12.1 Å². The molecule has 17 heavy (non-hydrogen) atoms. The van der Waals surface area contributed by atoms with Gasteiger partial charge >= 0.3 is 0 Å². The number of pyridine rings is 1. The van der Waals surface area contributed by atoms with Gasteiger partial charge in [-0.15, -0.1) is 0 Å². The molecule has 3 nitrogen and oxygen atoms in total. The fraction of sp³-hybridized carbons (Fsp3) is 0.0769. The molecule has 0 atom stereocenters. The zero-order chi connectivity index (χ0) is 12.1. The van der Waals surface area contributed by atoms with Crippen LogP contribution in [0.15, 0.2) is 48.8 Å². The molecular weight excluding hydrogens is 327 g/mol. The number of nitrogens with one attached hydrogen (secondary N) is 1. The van der Waals surface area contributed by atoms with Crippen LogP contribution in [0.25, 0.3) is 0 Å². The molecule has 0 radical (unpaired) electrons. The molecule has 4 heteroatoms. The predicted octanol–water partition coefficient (Wildman–Crippen LogP) is 2.62. The van der Waals surface area contributed by atoms with Crippen molar-refractivity contribution in [1.29, 1.82) is 0 Å². The van der Waals surface area contributed by atoms with Gasteiger partial charge in [0.2, 0.25) is 0 Å². The molecule has 0 bridgehead atoms. The number of hydrogen-bond donors (Lipinski definition) is 1. The Morgan fingerprint density at radius 3 is 2.88 bits per heavy atom. The van der Waals surface area contributed by atoms with Crippen molar-refractivity contribution in [3.63, 3.8) is 0 Å². The molecule has 0 aliphatic rings. The summed E-state index contributed by atoms with van der Waals surface area (Å²) in [5, 5.41) is 2.86. The summed E-state index contributed by atoms with van der Waals surface area (Å²) in [4.78, 5) is 15.8. The molecule has 1 heterocycles. The van der Waals surface area contributed by atoms with Gasteiger partial charge in [-0.1, -0.05) is 12.1 Å². The maximum Gasteiger partial charge on any atom is 0.251 e. The van der Waals surface area contributed by atoms with Crippen LogP contribution in [0.5, 0.6) is 0 Å². The molecule has 1 aromatic carbocycles. The third-order valence-corrected chi connectivity index (χ3v) is 2.93. The third kappa shape index (κ3) is 3.52. The largest absolute Gasteiger partial charge is 0.348 e. The lowest BCUT2D eigenvalue weighted by Crippen LogP contribution is -2.22. The predicted molar refractivity (Wildman–Crippen MR) is 74.6 cm³/mol. The summed E-state index contributed by atoms with van der Waals surface area (Å²) in [5.41, 5.74) is 1.67. The first-order chi connectivity index (χ1) is 8.25. The molecule has 0 aliphatic heterocycles. The van der Waals surface area contributed by atoms with Crippen LogP contribution in [0.2, 0.25) is 0 Å². The minimum absolute atomic E-state index is 0.0626. The molecule has 0 spiro atoms. The fourth-order valence-corrected chi connectivity index (χ4v) is 1.96. The van der Waals surface area contributed by atoms with Gasteiger partial charge in [-0.25, -0.2) is 0 Å². The van der Waals surface area contributed by atoms with Crippen LogP contribution in [-0.2, 0) is 6.54 Å². The summed E-state index contributed by atoms with van der Waals surface area (Å²) in [6, 6.07) is 11.3. The average Bonchev–Trinajstić information content (AvgIpc) is 2.37. The van der Waals surface area contributed by atoms with E-state index in [2.05, 4.69) is 32.9 Å². The SMILES string of the molecule is O=C(NCc1cccnc1)c1cccc(I)c1. The molecule has 0 aliphatic carbocycles. The van der Waals surface area contributed by atoms with Gasteiger partial charge in [-0.05, 0) is 52.4 Å². The zero-order valence-electron chi connectivity index (χ0n) is 9.06. The Morgan fingerprint density at radius 2 is 2.18 bits per heavy atom. The van der Waals surface area contributed by atoms with Gasteiger partial charge in [0.05, 0.1) is 0 Å². The summed E-state index contributed by atoms with van der Waals surface area (Å²) in [6.07, 6.45) is 3.46. The molecule has 86 valence electrons. The van der Waals surface area contributed by atoms with Gasteiger partial charge in [0.25, 0.3) is 5.91 Å². The highest BCUT2D eigenvalue weighted by atomic mass is 127. The normalized spacial score (nSPS) is 9.94. The van der Waals surface area contributed by atoms with Gasteiger partial charge in [0, 0.05) is 28.1 Å². The minimum Gasteiger partial charge on any atom is -0.348 e. The van der Waals surface area contributed by atoms with E-state index in [1.165, 1.54) is 0 Å². The van der Waals surface area contributed by atoms with Crippen molar-refractivity contribution < 1.29 is 4.79 Å². The monoisotopic (exact) mass is 338 g/mol. The van der Waals surface area contributed by atoms with E-state index in [-0.39, 0.29) is 5.91 Å². The molecule has 0 fully saturated rings. The van der Waals surface area contributed by atoms with Gasteiger partial charge in [-0.2, -0.15) is 0 Å². The summed E-state index contributed by atoms with van der Waals surface area (Å²) in [5.74, 6) is -0.0626. The van der Waals surface area contributed by atoms with Crippen molar-refractivity contribution >= 4 is 28.5 Å². The van der Waals surface area contributed by atoms with E-state index in [1.807, 2.05) is 30.3 Å². The lowest BCUT2D eigenvalue weighted by atomic mass is 10.2. The second-order valence-corrected chi connectivity index (χ2v) is 4.80. The molecule has 1 aromatic heterocycles. The quantitative estimate of drug-likeness (QED) is 0.875. The van der Waals surface area contributed by atoms with Gasteiger partial charge in [0.15, 0.2) is 0 Å². The number of rotatable bonds is 3. The molecule has 0 saturated carbocycles. The zero-order valence-corrected chi connectivity index (χ0v) is 11.2. The number of carbonyl (C=O) groups excluding carboxylic acids is 1. The van der Waals surface area contributed by atoms with Crippen LogP contribution in [0, 0.1) is 3.57 Å². The van der Waals surface area contributed by atoms with Crippen molar-refractivity contribution in [2.24, 2.45) is 0 Å². The summed E-state index contributed by atoms with van der Waals surface area (Å²) < 4.78 is 1.05. The first kappa shape index (κ1) is 12.0. The molecular formula is C13H11IN2O. The highest BCUT2D eigenvalue weighted by Crippen LogP contribution is 2.07. The van der Waals surface area contributed by atoms with Crippen LogP contribution >= 0.6 is 22.6 Å². The van der Waals surface area contributed by atoms with Crippen LogP contribution in [0.1, 0.15) is 15.9 Å². The van der Waals surface area contributed by atoms with Crippen molar-refractivity contribution in [3.8, 4) is 0 Å². The Balaban J connectivity index is 1.98. The van der Waals surface area contributed by atoms with E-state index in [0.717, 1.165) is 9.13 Å². The first-order valence-electron chi connectivity index (χ1n) is 5.18. The van der Waals surface area contributed by atoms with Crippen LogP contribution in [0.3, 0.4) is 0 Å². The molecule has 2 rings (SSSR count). The number of amides is 1. The van der Waals surface area contributed by atoms with Crippen molar-refractivity contribution in [3.05, 3.63) is 63.5 Å². The fourth-order valence-electron chi connectivity index (χ4n) is 1.42. The molecule has 0 unspecified atom stereocenters. The molecule has 0 saturated heterocycles. The second-order valence-electron chi connectivity index (χ2n) is 3.55. The maximum atomic E-state index is 11.8. The molecule has 2 aromatic rings. The minimum atomic E-state index is -0.0626.